The van der Waals surface area contributed by atoms with Crippen LogP contribution in [0.2, 0.25) is 0 Å². The molecule has 2 nitrogen and oxygen atoms in total. The molecule has 0 bridgehead atoms. The van der Waals surface area contributed by atoms with E-state index in [0.717, 1.165) is 6.42 Å². The molecule has 1 aromatic carbocycles. The third kappa shape index (κ3) is 4.57. The van der Waals surface area contributed by atoms with Gasteiger partial charge in [-0.2, -0.15) is 0 Å². The number of hydrogen-bond donors (Lipinski definition) is 1. The molecule has 0 saturated heterocycles. The second-order valence-corrected chi connectivity index (χ2v) is 7.26. The van der Waals surface area contributed by atoms with E-state index in [1.807, 2.05) is 0 Å². The van der Waals surface area contributed by atoms with Gasteiger partial charge in [-0.3, -0.25) is 4.90 Å². The quantitative estimate of drug-likeness (QED) is 0.490. The average Bonchev–Trinajstić information content (AvgIpc) is 2.51. The highest BCUT2D eigenvalue weighted by atomic mass is 15.2. The van der Waals surface area contributed by atoms with Crippen molar-refractivity contribution >= 4 is 0 Å². The largest absolute Gasteiger partial charge is 0.313 e. The van der Waals surface area contributed by atoms with E-state index in [9.17, 15) is 0 Å². The number of nitrogens with zero attached hydrogens (tertiary/aromatic N) is 1. The first-order chi connectivity index (χ1) is 10.4. The van der Waals surface area contributed by atoms with Gasteiger partial charge in [-0.15, -0.1) is 0 Å². The second kappa shape index (κ2) is 8.69. The van der Waals surface area contributed by atoms with Crippen molar-refractivity contribution in [2.75, 3.05) is 14.1 Å². The highest BCUT2D eigenvalue weighted by Gasteiger charge is 2.44. The standard InChI is InChI=1S/C20H36N2/c1-6-7-8-9-10-14-17-19(2,20(3,21)22(4)5)18-15-12-11-13-16-18/h11-13,15-16H,6-10,14,17,21H2,1-5H3. The van der Waals surface area contributed by atoms with E-state index in [1.54, 1.807) is 0 Å². The zero-order chi connectivity index (χ0) is 16.6. The summed E-state index contributed by atoms with van der Waals surface area (Å²) in [4.78, 5) is 2.16. The van der Waals surface area contributed by atoms with Crippen LogP contribution in [0, 0.1) is 0 Å². The van der Waals surface area contributed by atoms with Crippen LogP contribution in [0.5, 0.6) is 0 Å². The Labute approximate surface area is 138 Å². The lowest BCUT2D eigenvalue weighted by molar-refractivity contribution is 0.0738. The molecule has 2 heteroatoms. The zero-order valence-electron chi connectivity index (χ0n) is 15.4. The number of hydrogen-bond acceptors (Lipinski definition) is 2. The molecule has 1 rings (SSSR count). The molecule has 2 N–H and O–H groups in total. The molecule has 0 radical (unpaired) electrons. The van der Waals surface area contributed by atoms with Crippen LogP contribution in [0.25, 0.3) is 0 Å². The summed E-state index contributed by atoms with van der Waals surface area (Å²) in [6.07, 6.45) is 9.08. The van der Waals surface area contributed by atoms with E-state index in [0.29, 0.717) is 0 Å². The molecule has 0 aliphatic rings. The molecule has 0 spiro atoms. The molecule has 1 aromatic rings. The molecular weight excluding hydrogens is 268 g/mol. The van der Waals surface area contributed by atoms with Crippen LogP contribution in [0.1, 0.15) is 71.3 Å². The fraction of sp³-hybridized carbons (Fsp3) is 0.700. The van der Waals surface area contributed by atoms with E-state index < -0.39 is 0 Å². The lowest BCUT2D eigenvalue weighted by Gasteiger charge is -2.49. The summed E-state index contributed by atoms with van der Waals surface area (Å²) in [7, 11) is 4.17. The van der Waals surface area contributed by atoms with Gasteiger partial charge in [0, 0.05) is 5.41 Å². The third-order valence-corrected chi connectivity index (χ3v) is 5.49. The zero-order valence-corrected chi connectivity index (χ0v) is 15.4. The van der Waals surface area contributed by atoms with E-state index in [-0.39, 0.29) is 11.1 Å². The Morgan fingerprint density at radius 3 is 2.00 bits per heavy atom. The number of benzene rings is 1. The van der Waals surface area contributed by atoms with Crippen molar-refractivity contribution in [2.45, 2.75) is 76.8 Å². The van der Waals surface area contributed by atoms with Gasteiger partial charge in [0.25, 0.3) is 0 Å². The highest BCUT2D eigenvalue weighted by molar-refractivity contribution is 5.29. The molecule has 22 heavy (non-hydrogen) atoms. The Kier molecular flexibility index (Phi) is 7.58. The Morgan fingerprint density at radius 1 is 0.909 bits per heavy atom. The molecule has 0 aromatic heterocycles. The van der Waals surface area contributed by atoms with E-state index in [2.05, 4.69) is 70.1 Å². The van der Waals surface area contributed by atoms with Crippen molar-refractivity contribution < 1.29 is 0 Å². The van der Waals surface area contributed by atoms with E-state index >= 15 is 0 Å². The fourth-order valence-corrected chi connectivity index (χ4v) is 3.25. The smallest absolute Gasteiger partial charge is 0.0749 e. The van der Waals surface area contributed by atoms with Gasteiger partial charge in [-0.25, -0.2) is 0 Å². The van der Waals surface area contributed by atoms with Gasteiger partial charge >= 0.3 is 0 Å². The summed E-state index contributed by atoms with van der Waals surface area (Å²) >= 11 is 0. The normalized spacial score (nSPS) is 17.2. The minimum Gasteiger partial charge on any atom is -0.313 e. The Morgan fingerprint density at radius 2 is 1.45 bits per heavy atom. The van der Waals surface area contributed by atoms with Gasteiger partial charge in [0.1, 0.15) is 0 Å². The van der Waals surface area contributed by atoms with Crippen LogP contribution in [-0.4, -0.2) is 24.7 Å². The summed E-state index contributed by atoms with van der Waals surface area (Å²) in [5.41, 5.74) is 7.71. The highest BCUT2D eigenvalue weighted by Crippen LogP contribution is 2.39. The van der Waals surface area contributed by atoms with Crippen molar-refractivity contribution in [1.29, 1.82) is 0 Å². The maximum absolute atomic E-state index is 6.76. The van der Waals surface area contributed by atoms with Crippen molar-refractivity contribution in [3.63, 3.8) is 0 Å². The fourth-order valence-electron chi connectivity index (χ4n) is 3.25. The second-order valence-electron chi connectivity index (χ2n) is 7.26. The number of likely N-dealkylation sites (N-methyl/N-ethyl adjacent to an activating group) is 1. The third-order valence-electron chi connectivity index (χ3n) is 5.49. The van der Waals surface area contributed by atoms with Crippen LogP contribution in [0.15, 0.2) is 30.3 Å². The Balaban J connectivity index is 2.80. The Hall–Kier alpha value is -0.860. The molecular formula is C20H36N2. The van der Waals surface area contributed by atoms with Crippen LogP contribution < -0.4 is 5.73 Å². The number of nitrogens with two attached hydrogens (primary N) is 1. The van der Waals surface area contributed by atoms with Crippen LogP contribution >= 0.6 is 0 Å². The van der Waals surface area contributed by atoms with Crippen molar-refractivity contribution in [1.82, 2.24) is 4.90 Å². The van der Waals surface area contributed by atoms with Crippen molar-refractivity contribution in [3.05, 3.63) is 35.9 Å². The SMILES string of the molecule is CCCCCCCCC(C)(c1ccccc1)C(C)(N)N(C)C. The molecule has 0 heterocycles. The lowest BCUT2D eigenvalue weighted by Crippen LogP contribution is -2.63. The van der Waals surface area contributed by atoms with E-state index in [1.165, 1.54) is 44.1 Å². The van der Waals surface area contributed by atoms with Gasteiger partial charge in [0.05, 0.1) is 5.66 Å². The van der Waals surface area contributed by atoms with Crippen molar-refractivity contribution in [3.8, 4) is 0 Å². The van der Waals surface area contributed by atoms with Gasteiger partial charge < -0.3 is 5.73 Å². The summed E-state index contributed by atoms with van der Waals surface area (Å²) < 4.78 is 0. The summed E-state index contributed by atoms with van der Waals surface area (Å²) in [6.45, 7) is 6.76. The predicted octanol–water partition coefficient (Wildman–Crippen LogP) is 4.93. The predicted molar refractivity (Wildman–Crippen MR) is 98.1 cm³/mol. The molecule has 2 atom stereocenters. The molecule has 0 aliphatic carbocycles. The summed E-state index contributed by atoms with van der Waals surface area (Å²) in [5.74, 6) is 0. The molecule has 126 valence electrons. The number of unbranched alkanes of at least 4 members (excludes halogenated alkanes) is 5. The lowest BCUT2D eigenvalue weighted by atomic mass is 9.68. The van der Waals surface area contributed by atoms with Gasteiger partial charge in [0.2, 0.25) is 0 Å². The first-order valence-electron chi connectivity index (χ1n) is 8.88. The Bertz CT molecular complexity index is 411. The molecule has 2 unspecified atom stereocenters. The minimum absolute atomic E-state index is 0.0392. The minimum atomic E-state index is -0.363. The van der Waals surface area contributed by atoms with Crippen LogP contribution in [0.4, 0.5) is 0 Å². The number of rotatable bonds is 10. The molecule has 0 fully saturated rings. The maximum Gasteiger partial charge on any atom is 0.0749 e. The summed E-state index contributed by atoms with van der Waals surface area (Å²) in [6, 6.07) is 10.8. The van der Waals surface area contributed by atoms with Gasteiger partial charge in [-0.1, -0.05) is 82.7 Å². The van der Waals surface area contributed by atoms with Gasteiger partial charge in [-0.05, 0) is 33.0 Å². The maximum atomic E-state index is 6.76. The summed E-state index contributed by atoms with van der Waals surface area (Å²) in [5, 5.41) is 0. The van der Waals surface area contributed by atoms with Gasteiger partial charge in [0.15, 0.2) is 0 Å². The molecule has 0 aliphatic heterocycles. The topological polar surface area (TPSA) is 29.3 Å². The first-order valence-corrected chi connectivity index (χ1v) is 8.88. The molecule has 0 saturated carbocycles. The van der Waals surface area contributed by atoms with E-state index in [4.69, 9.17) is 5.73 Å². The molecule has 0 amide bonds. The first kappa shape index (κ1) is 19.2. The average molecular weight is 305 g/mol. The van der Waals surface area contributed by atoms with Crippen molar-refractivity contribution in [2.24, 2.45) is 5.73 Å². The van der Waals surface area contributed by atoms with Crippen LogP contribution in [-0.2, 0) is 5.41 Å². The monoisotopic (exact) mass is 304 g/mol. The van der Waals surface area contributed by atoms with Crippen LogP contribution in [0.3, 0.4) is 0 Å².